The minimum Gasteiger partial charge on any atom is -0.396 e. The average Bonchev–Trinajstić information content (AvgIpc) is 2.28. The molecule has 1 unspecified atom stereocenters. The van der Waals surface area contributed by atoms with Gasteiger partial charge in [0.15, 0.2) is 0 Å². The quantitative estimate of drug-likeness (QED) is 0.431. The number of aliphatic hydroxyl groups excluding tert-OH is 1. The fourth-order valence-corrected chi connectivity index (χ4v) is 1.09. The van der Waals surface area contributed by atoms with Gasteiger partial charge in [0.25, 0.3) is 0 Å². The lowest BCUT2D eigenvalue weighted by atomic mass is 10.2. The van der Waals surface area contributed by atoms with Gasteiger partial charge in [-0.05, 0) is 32.6 Å². The van der Waals surface area contributed by atoms with Crippen molar-refractivity contribution in [2.24, 2.45) is 0 Å². The molecule has 2 amide bonds. The molecular formula is C11H22N2O3. The highest BCUT2D eigenvalue weighted by atomic mass is 16.3. The number of unbranched alkanes of at least 4 members (excludes halogenated alkanes) is 2. The first-order valence-electron chi connectivity index (χ1n) is 5.81. The zero-order valence-corrected chi connectivity index (χ0v) is 10.1. The zero-order valence-electron chi connectivity index (χ0n) is 10.1. The third-order valence-electron chi connectivity index (χ3n) is 2.32. The fourth-order valence-electron chi connectivity index (χ4n) is 1.09. The molecule has 0 bridgehead atoms. The van der Waals surface area contributed by atoms with Crippen LogP contribution in [0.15, 0.2) is 0 Å². The van der Waals surface area contributed by atoms with Gasteiger partial charge < -0.3 is 15.7 Å². The fraction of sp³-hybridized carbons (Fsp3) is 0.818. The molecule has 1 atom stereocenters. The highest BCUT2D eigenvalue weighted by molar-refractivity contribution is 6.35. The summed E-state index contributed by atoms with van der Waals surface area (Å²) in [5.41, 5.74) is 0. The highest BCUT2D eigenvalue weighted by Gasteiger charge is 2.13. The van der Waals surface area contributed by atoms with Gasteiger partial charge in [-0.25, -0.2) is 0 Å². The van der Waals surface area contributed by atoms with Crippen molar-refractivity contribution < 1.29 is 14.7 Å². The summed E-state index contributed by atoms with van der Waals surface area (Å²) in [4.78, 5) is 22.5. The van der Waals surface area contributed by atoms with Crippen LogP contribution in [-0.4, -0.2) is 36.1 Å². The van der Waals surface area contributed by atoms with Gasteiger partial charge in [0, 0.05) is 19.2 Å². The molecule has 0 aliphatic carbocycles. The van der Waals surface area contributed by atoms with Crippen LogP contribution in [0, 0.1) is 0 Å². The Kier molecular flexibility index (Phi) is 8.52. The highest BCUT2D eigenvalue weighted by Crippen LogP contribution is 1.92. The van der Waals surface area contributed by atoms with Crippen molar-refractivity contribution >= 4 is 11.8 Å². The van der Waals surface area contributed by atoms with Gasteiger partial charge in [0.1, 0.15) is 0 Å². The maximum atomic E-state index is 11.3. The Hall–Kier alpha value is -1.10. The van der Waals surface area contributed by atoms with Gasteiger partial charge in [-0.2, -0.15) is 0 Å². The molecule has 0 aliphatic rings. The number of amides is 2. The molecule has 0 aromatic heterocycles. The van der Waals surface area contributed by atoms with Crippen molar-refractivity contribution in [3.63, 3.8) is 0 Å². The number of aliphatic hydroxyl groups is 1. The first-order valence-corrected chi connectivity index (χ1v) is 5.81. The molecule has 0 heterocycles. The van der Waals surface area contributed by atoms with E-state index in [1.54, 1.807) is 0 Å². The van der Waals surface area contributed by atoms with E-state index in [9.17, 15) is 9.59 Å². The number of carbonyl (C=O) groups is 2. The Morgan fingerprint density at radius 1 is 1.19 bits per heavy atom. The van der Waals surface area contributed by atoms with Crippen LogP contribution in [0.2, 0.25) is 0 Å². The Labute approximate surface area is 96.6 Å². The van der Waals surface area contributed by atoms with Crippen LogP contribution in [0.4, 0.5) is 0 Å². The number of hydrogen-bond donors (Lipinski definition) is 3. The van der Waals surface area contributed by atoms with Crippen molar-refractivity contribution in [1.29, 1.82) is 0 Å². The monoisotopic (exact) mass is 230 g/mol. The lowest BCUT2D eigenvalue weighted by Crippen LogP contribution is -2.43. The number of hydrogen-bond acceptors (Lipinski definition) is 3. The summed E-state index contributed by atoms with van der Waals surface area (Å²) in [5, 5.41) is 13.7. The van der Waals surface area contributed by atoms with E-state index in [-0.39, 0.29) is 12.6 Å². The molecule has 16 heavy (non-hydrogen) atoms. The average molecular weight is 230 g/mol. The van der Waals surface area contributed by atoms with Crippen molar-refractivity contribution in [2.75, 3.05) is 13.2 Å². The number of nitrogens with one attached hydrogen (secondary N) is 2. The Bertz CT molecular complexity index is 219. The summed E-state index contributed by atoms with van der Waals surface area (Å²) in [5.74, 6) is -1.15. The van der Waals surface area contributed by atoms with Crippen LogP contribution in [0.3, 0.4) is 0 Å². The topological polar surface area (TPSA) is 78.4 Å². The molecule has 0 aliphatic heterocycles. The number of carbonyl (C=O) groups excluding carboxylic acids is 2. The standard InChI is InChI=1S/C11H22N2O3/c1-3-9(2)13-11(16)10(15)12-7-5-4-6-8-14/h9,14H,3-8H2,1-2H3,(H,12,15)(H,13,16). The van der Waals surface area contributed by atoms with Crippen LogP contribution >= 0.6 is 0 Å². The molecule has 0 radical (unpaired) electrons. The third-order valence-corrected chi connectivity index (χ3v) is 2.32. The van der Waals surface area contributed by atoms with E-state index in [2.05, 4.69) is 10.6 Å². The second-order valence-electron chi connectivity index (χ2n) is 3.82. The summed E-state index contributed by atoms with van der Waals surface area (Å²) in [6.45, 7) is 4.44. The molecule has 0 spiro atoms. The van der Waals surface area contributed by atoms with Crippen LogP contribution in [-0.2, 0) is 9.59 Å². The van der Waals surface area contributed by atoms with Crippen LogP contribution in [0.25, 0.3) is 0 Å². The lowest BCUT2D eigenvalue weighted by Gasteiger charge is -2.10. The molecule has 0 rings (SSSR count). The molecule has 0 fully saturated rings. The molecule has 94 valence electrons. The van der Waals surface area contributed by atoms with Crippen molar-refractivity contribution in [3.05, 3.63) is 0 Å². The molecule has 0 saturated heterocycles. The van der Waals surface area contributed by atoms with Crippen molar-refractivity contribution in [3.8, 4) is 0 Å². The third kappa shape index (κ3) is 7.23. The van der Waals surface area contributed by atoms with Crippen LogP contribution < -0.4 is 10.6 Å². The van der Waals surface area contributed by atoms with E-state index >= 15 is 0 Å². The normalized spacial score (nSPS) is 11.9. The van der Waals surface area contributed by atoms with Crippen LogP contribution in [0.5, 0.6) is 0 Å². The van der Waals surface area contributed by atoms with E-state index in [1.165, 1.54) is 0 Å². The SMILES string of the molecule is CCC(C)NC(=O)C(=O)NCCCCCO. The van der Waals surface area contributed by atoms with Gasteiger partial charge >= 0.3 is 11.8 Å². The van der Waals surface area contributed by atoms with Crippen molar-refractivity contribution in [1.82, 2.24) is 10.6 Å². The van der Waals surface area contributed by atoms with E-state index in [4.69, 9.17) is 5.11 Å². The van der Waals surface area contributed by atoms with Gasteiger partial charge in [-0.1, -0.05) is 6.92 Å². The van der Waals surface area contributed by atoms with Gasteiger partial charge in [0.2, 0.25) is 0 Å². The summed E-state index contributed by atoms with van der Waals surface area (Å²) in [7, 11) is 0. The molecule has 3 N–H and O–H groups in total. The minimum absolute atomic E-state index is 0.0210. The first-order chi connectivity index (χ1) is 7.61. The minimum atomic E-state index is -0.579. The first kappa shape index (κ1) is 14.9. The second-order valence-corrected chi connectivity index (χ2v) is 3.82. The molecule has 0 saturated carbocycles. The lowest BCUT2D eigenvalue weighted by molar-refractivity contribution is -0.139. The van der Waals surface area contributed by atoms with Gasteiger partial charge in [-0.3, -0.25) is 9.59 Å². The Balaban J connectivity index is 3.59. The maximum absolute atomic E-state index is 11.3. The summed E-state index contributed by atoms with van der Waals surface area (Å²) in [6.07, 6.45) is 3.16. The van der Waals surface area contributed by atoms with E-state index in [0.717, 1.165) is 25.7 Å². The molecular weight excluding hydrogens is 208 g/mol. The smallest absolute Gasteiger partial charge is 0.309 e. The predicted molar refractivity (Wildman–Crippen MR) is 61.8 cm³/mol. The molecule has 5 heteroatoms. The Morgan fingerprint density at radius 2 is 1.88 bits per heavy atom. The predicted octanol–water partition coefficient (Wildman–Crippen LogP) is 0.180. The maximum Gasteiger partial charge on any atom is 0.309 e. The van der Waals surface area contributed by atoms with Crippen molar-refractivity contribution in [2.45, 2.75) is 45.6 Å². The van der Waals surface area contributed by atoms with E-state index in [1.807, 2.05) is 13.8 Å². The molecule has 0 aromatic carbocycles. The largest absolute Gasteiger partial charge is 0.396 e. The summed E-state index contributed by atoms with van der Waals surface area (Å²) < 4.78 is 0. The summed E-state index contributed by atoms with van der Waals surface area (Å²) in [6, 6.07) is 0.0210. The molecule has 5 nitrogen and oxygen atoms in total. The van der Waals surface area contributed by atoms with Gasteiger partial charge in [0.05, 0.1) is 0 Å². The molecule has 0 aromatic rings. The number of rotatable bonds is 7. The van der Waals surface area contributed by atoms with Crippen LogP contribution in [0.1, 0.15) is 39.5 Å². The Morgan fingerprint density at radius 3 is 2.44 bits per heavy atom. The zero-order chi connectivity index (χ0) is 12.4. The van der Waals surface area contributed by atoms with E-state index < -0.39 is 11.8 Å². The van der Waals surface area contributed by atoms with Gasteiger partial charge in [-0.15, -0.1) is 0 Å². The summed E-state index contributed by atoms with van der Waals surface area (Å²) >= 11 is 0. The second kappa shape index (κ2) is 9.15. The van der Waals surface area contributed by atoms with E-state index in [0.29, 0.717) is 6.54 Å².